The molecular weight excluding hydrogens is 518 g/mol. The number of unbranched alkanes of at least 4 members (excludes halogenated alkanes) is 4. The fourth-order valence-corrected chi connectivity index (χ4v) is 4.06. The van der Waals surface area contributed by atoms with Crippen molar-refractivity contribution in [2.75, 3.05) is 46.6 Å². The summed E-state index contributed by atoms with van der Waals surface area (Å²) < 4.78 is 14.5. The van der Waals surface area contributed by atoms with E-state index in [1.165, 1.54) is 0 Å². The molecule has 0 aromatic rings. The maximum Gasteiger partial charge on any atom is 0.222 e. The minimum Gasteiger partial charge on any atom is -0.396 e. The van der Waals surface area contributed by atoms with Crippen LogP contribution >= 0.6 is 25.8 Å². The van der Waals surface area contributed by atoms with Crippen molar-refractivity contribution >= 4 is 43.5 Å². The van der Waals surface area contributed by atoms with E-state index in [-0.39, 0.29) is 42.7 Å². The van der Waals surface area contributed by atoms with E-state index in [0.29, 0.717) is 58.6 Å². The maximum absolute atomic E-state index is 12.5. The first-order chi connectivity index (χ1) is 18.0. The molecule has 0 fully saturated rings. The number of thiol groups is 2. The molecule has 10 nitrogen and oxygen atoms in total. The van der Waals surface area contributed by atoms with E-state index in [1.807, 2.05) is 0 Å². The molecule has 12 heteroatoms. The molecule has 0 aliphatic heterocycles. The summed E-state index contributed by atoms with van der Waals surface area (Å²) in [5.41, 5.74) is 0. The second-order valence-electron chi connectivity index (χ2n) is 9.24. The van der Waals surface area contributed by atoms with Crippen molar-refractivity contribution in [3.05, 3.63) is 0 Å². The van der Waals surface area contributed by atoms with E-state index in [9.17, 15) is 19.5 Å². The number of hydrogen-bond acceptors (Lipinski definition) is 9. The van der Waals surface area contributed by atoms with Crippen LogP contribution < -0.4 is 16.0 Å². The number of carbonyl (C=O) groups is 3. The molecule has 37 heavy (non-hydrogen) atoms. The summed E-state index contributed by atoms with van der Waals surface area (Å²) in [6.07, 6.45) is 8.78. The molecule has 0 aromatic carbocycles. The van der Waals surface area contributed by atoms with Gasteiger partial charge in [-0.15, -0.1) is 0 Å². The third-order valence-electron chi connectivity index (χ3n) is 5.90. The van der Waals surface area contributed by atoms with Crippen LogP contribution in [0.15, 0.2) is 0 Å². The minimum absolute atomic E-state index is 0.0149. The third-order valence-corrected chi connectivity index (χ3v) is 6.26. The third kappa shape index (κ3) is 23.8. The molecule has 0 saturated heterocycles. The van der Waals surface area contributed by atoms with E-state index in [4.69, 9.17) is 8.92 Å². The fourth-order valence-electron chi connectivity index (χ4n) is 3.81. The molecule has 0 bridgehead atoms. The Kier molecular flexibility index (Phi) is 25.8. The number of methoxy groups -OCH3 is 1. The van der Waals surface area contributed by atoms with E-state index in [0.717, 1.165) is 51.4 Å². The molecule has 0 saturated carbocycles. The van der Waals surface area contributed by atoms with Gasteiger partial charge in [0.1, 0.15) is 0 Å². The lowest BCUT2D eigenvalue weighted by molar-refractivity contribution is -0.124. The molecule has 0 radical (unpaired) electrons. The van der Waals surface area contributed by atoms with Crippen LogP contribution in [0.4, 0.5) is 0 Å². The smallest absolute Gasteiger partial charge is 0.222 e. The Morgan fingerprint density at radius 2 is 1.32 bits per heavy atom. The molecule has 2 unspecified atom stereocenters. The predicted molar refractivity (Wildman–Crippen MR) is 150 cm³/mol. The van der Waals surface area contributed by atoms with Gasteiger partial charge in [-0.25, -0.2) is 0 Å². The summed E-state index contributed by atoms with van der Waals surface area (Å²) in [5, 5.41) is 18.2. The molecule has 4 N–H and O–H groups in total. The van der Waals surface area contributed by atoms with Gasteiger partial charge in [0, 0.05) is 58.0 Å². The number of aliphatic hydroxyl groups excluding tert-OH is 1. The Labute approximate surface area is 233 Å². The number of rotatable bonds is 26. The van der Waals surface area contributed by atoms with E-state index >= 15 is 0 Å². The van der Waals surface area contributed by atoms with Crippen LogP contribution in [0.2, 0.25) is 0 Å². The molecule has 2 atom stereocenters. The van der Waals surface area contributed by atoms with Gasteiger partial charge < -0.3 is 34.2 Å². The Morgan fingerprint density at radius 1 is 0.757 bits per heavy atom. The number of carbonyl (C=O) groups excluding carboxylic acids is 3. The molecule has 0 aromatic heterocycles. The van der Waals surface area contributed by atoms with E-state index in [2.05, 4.69) is 46.0 Å². The lowest BCUT2D eigenvalue weighted by Gasteiger charge is -2.19. The number of amides is 3. The van der Waals surface area contributed by atoms with Gasteiger partial charge in [-0.3, -0.25) is 14.4 Å². The zero-order chi connectivity index (χ0) is 27.6. The summed E-state index contributed by atoms with van der Waals surface area (Å²) in [5.74, 6) is -0.0373. The van der Waals surface area contributed by atoms with Crippen molar-refractivity contribution in [1.29, 1.82) is 0 Å². The van der Waals surface area contributed by atoms with Crippen molar-refractivity contribution in [3.63, 3.8) is 0 Å². The highest BCUT2D eigenvalue weighted by Crippen LogP contribution is 2.09. The summed E-state index contributed by atoms with van der Waals surface area (Å²) in [6, 6.07) is -0.258. The largest absolute Gasteiger partial charge is 0.396 e. The molecule has 3 amide bonds. The predicted octanol–water partition coefficient (Wildman–Crippen LogP) is 2.75. The van der Waals surface area contributed by atoms with Crippen LogP contribution in [0.3, 0.4) is 0 Å². The second kappa shape index (κ2) is 26.6. The molecule has 0 spiro atoms. The van der Waals surface area contributed by atoms with Gasteiger partial charge in [0.2, 0.25) is 17.7 Å². The topological polar surface area (TPSA) is 135 Å². The second-order valence-corrected chi connectivity index (χ2v) is 9.76. The SMILES string of the molecule is COCC(CO)CCCCNC(=O)CC(CCCCNC(=O)CCCCOS)NC(=O)CCCCOS. The first kappa shape index (κ1) is 35.9. The Hall–Kier alpha value is -1.05. The standard InChI is InChI=1S/C25H49N3O7S2/c1-33-20-21(19-29)10-2-6-15-27-25(32)18-22(28-24(31)13-5-9-17-35-37)11-3-7-14-26-23(30)12-4-8-16-34-36/h21-22,29,36-37H,2-20H2,1H3,(H,26,30)(H,27,32)(H,28,31). The monoisotopic (exact) mass is 567 g/mol. The maximum atomic E-state index is 12.5. The molecule has 0 aliphatic carbocycles. The zero-order valence-corrected chi connectivity index (χ0v) is 24.2. The van der Waals surface area contributed by atoms with Crippen LogP contribution in [-0.2, 0) is 27.5 Å². The summed E-state index contributed by atoms with van der Waals surface area (Å²) in [6.45, 7) is 2.76. The van der Waals surface area contributed by atoms with Crippen LogP contribution in [0.1, 0.15) is 83.5 Å². The number of hydrogen-bond donors (Lipinski definition) is 6. The molecular formula is C25H49N3O7S2. The summed E-state index contributed by atoms with van der Waals surface area (Å²) >= 11 is 7.38. The van der Waals surface area contributed by atoms with Gasteiger partial charge in [0.05, 0.1) is 19.8 Å². The highest BCUT2D eigenvalue weighted by Gasteiger charge is 2.16. The lowest BCUT2D eigenvalue weighted by atomic mass is 10.0. The number of ether oxygens (including phenoxy) is 1. The molecule has 0 rings (SSSR count). The molecule has 0 heterocycles. The van der Waals surface area contributed by atoms with Gasteiger partial charge in [-0.1, -0.05) is 6.42 Å². The molecule has 218 valence electrons. The van der Waals surface area contributed by atoms with Gasteiger partial charge in [-0.2, -0.15) is 0 Å². The zero-order valence-electron chi connectivity index (χ0n) is 22.4. The van der Waals surface area contributed by atoms with E-state index < -0.39 is 0 Å². The van der Waals surface area contributed by atoms with Crippen molar-refractivity contribution in [3.8, 4) is 0 Å². The van der Waals surface area contributed by atoms with Gasteiger partial charge in [0.25, 0.3) is 0 Å². The lowest BCUT2D eigenvalue weighted by Crippen LogP contribution is -2.39. The van der Waals surface area contributed by atoms with Gasteiger partial charge >= 0.3 is 0 Å². The highest BCUT2D eigenvalue weighted by molar-refractivity contribution is 7.75. The van der Waals surface area contributed by atoms with Gasteiger partial charge in [-0.05, 0) is 83.6 Å². The number of aliphatic hydroxyl groups is 1. The van der Waals surface area contributed by atoms with Crippen molar-refractivity contribution in [1.82, 2.24) is 16.0 Å². The first-order valence-corrected chi connectivity index (χ1v) is 14.1. The van der Waals surface area contributed by atoms with Crippen molar-refractivity contribution in [2.24, 2.45) is 5.92 Å². The average Bonchev–Trinajstić information content (AvgIpc) is 2.88. The van der Waals surface area contributed by atoms with Crippen molar-refractivity contribution in [2.45, 2.75) is 89.5 Å². The normalized spacial score (nSPS) is 12.6. The van der Waals surface area contributed by atoms with Gasteiger partial charge in [0.15, 0.2) is 0 Å². The van der Waals surface area contributed by atoms with Crippen LogP contribution in [0, 0.1) is 5.92 Å². The average molecular weight is 568 g/mol. The summed E-state index contributed by atoms with van der Waals surface area (Å²) in [7, 11) is 1.62. The van der Waals surface area contributed by atoms with E-state index in [1.54, 1.807) is 7.11 Å². The number of nitrogens with one attached hydrogen (secondary N) is 3. The van der Waals surface area contributed by atoms with Crippen LogP contribution in [0.25, 0.3) is 0 Å². The molecule has 0 aliphatic rings. The van der Waals surface area contributed by atoms with Crippen LogP contribution in [0.5, 0.6) is 0 Å². The van der Waals surface area contributed by atoms with Crippen LogP contribution in [-0.4, -0.2) is 75.5 Å². The quantitative estimate of drug-likeness (QED) is 0.0538. The van der Waals surface area contributed by atoms with Crippen molar-refractivity contribution < 1.29 is 32.6 Å². The minimum atomic E-state index is -0.258. The Morgan fingerprint density at radius 3 is 1.89 bits per heavy atom. The Balaban J connectivity index is 4.37. The first-order valence-electron chi connectivity index (χ1n) is 13.4. The highest BCUT2D eigenvalue weighted by atomic mass is 32.1. The fraction of sp³-hybridized carbons (Fsp3) is 0.880. The Bertz CT molecular complexity index is 588. The summed E-state index contributed by atoms with van der Waals surface area (Å²) in [4.78, 5) is 36.7.